The second-order valence-electron chi connectivity index (χ2n) is 4.04. The van der Waals surface area contributed by atoms with Gasteiger partial charge in [0.15, 0.2) is 5.65 Å². The van der Waals surface area contributed by atoms with E-state index >= 15 is 0 Å². The Balaban J connectivity index is 2.10. The summed E-state index contributed by atoms with van der Waals surface area (Å²) >= 11 is 0. The van der Waals surface area contributed by atoms with E-state index in [1.807, 2.05) is 0 Å². The zero-order valence-corrected chi connectivity index (χ0v) is 8.48. The van der Waals surface area contributed by atoms with Crippen LogP contribution in [0.3, 0.4) is 0 Å². The number of hydrogen-bond acceptors (Lipinski definition) is 4. The van der Waals surface area contributed by atoms with Crippen LogP contribution in [0.5, 0.6) is 0 Å². The van der Waals surface area contributed by atoms with E-state index in [2.05, 4.69) is 19.9 Å². The van der Waals surface area contributed by atoms with E-state index in [-0.39, 0.29) is 17.1 Å². The average Bonchev–Trinajstić information content (AvgIpc) is 2.93. The van der Waals surface area contributed by atoms with Gasteiger partial charge in [-0.15, -0.1) is 0 Å². The lowest BCUT2D eigenvalue weighted by atomic mass is 10.3. The zero-order chi connectivity index (χ0) is 12.2. The van der Waals surface area contributed by atoms with Crippen LogP contribution in [0.2, 0.25) is 0 Å². The number of nitrogens with zero attached hydrogens (tertiary/aromatic N) is 1. The Morgan fingerprint density at radius 3 is 2.71 bits per heavy atom. The monoisotopic (exact) mass is 236 g/mol. The van der Waals surface area contributed by atoms with E-state index in [4.69, 9.17) is 5.11 Å². The van der Waals surface area contributed by atoms with Gasteiger partial charge >= 0.3 is 11.7 Å². The zero-order valence-electron chi connectivity index (χ0n) is 8.48. The maximum atomic E-state index is 11.4. The van der Waals surface area contributed by atoms with Crippen molar-refractivity contribution in [3.05, 3.63) is 26.7 Å². The van der Waals surface area contributed by atoms with Crippen molar-refractivity contribution in [1.29, 1.82) is 0 Å². The summed E-state index contributed by atoms with van der Waals surface area (Å²) < 4.78 is 0. The molecule has 0 saturated heterocycles. The van der Waals surface area contributed by atoms with Crippen molar-refractivity contribution in [2.75, 3.05) is 0 Å². The minimum Gasteiger partial charge on any atom is -0.481 e. The highest BCUT2D eigenvalue weighted by Gasteiger charge is 2.46. The molecule has 0 aromatic carbocycles. The Kier molecular flexibility index (Phi) is 1.77. The maximum Gasteiger partial charge on any atom is 0.327 e. The van der Waals surface area contributed by atoms with E-state index in [1.165, 1.54) is 0 Å². The minimum atomic E-state index is -0.877. The second-order valence-corrected chi connectivity index (χ2v) is 4.04. The highest BCUT2D eigenvalue weighted by Crippen LogP contribution is 2.46. The molecule has 1 saturated carbocycles. The molecule has 0 bridgehead atoms. The van der Waals surface area contributed by atoms with E-state index in [9.17, 15) is 14.4 Å². The normalized spacial score (nSPS) is 22.8. The molecule has 2 atom stereocenters. The van der Waals surface area contributed by atoms with Gasteiger partial charge in [-0.25, -0.2) is 9.78 Å². The van der Waals surface area contributed by atoms with Gasteiger partial charge in [0.25, 0.3) is 5.56 Å². The number of carboxylic acid groups (broad SMARTS) is 1. The molecule has 0 aliphatic heterocycles. The van der Waals surface area contributed by atoms with Crippen LogP contribution in [0.25, 0.3) is 11.2 Å². The van der Waals surface area contributed by atoms with Crippen LogP contribution in [0.15, 0.2) is 9.59 Å². The number of carboxylic acids is 1. The van der Waals surface area contributed by atoms with Crippen LogP contribution >= 0.6 is 0 Å². The summed E-state index contributed by atoms with van der Waals surface area (Å²) in [4.78, 5) is 44.4. The number of fused-ring (bicyclic) bond motifs is 1. The van der Waals surface area contributed by atoms with Crippen LogP contribution in [0, 0.1) is 5.92 Å². The molecule has 3 rings (SSSR count). The quantitative estimate of drug-likeness (QED) is 0.538. The lowest BCUT2D eigenvalue weighted by Gasteiger charge is -1.89. The van der Waals surface area contributed by atoms with Crippen LogP contribution in [-0.2, 0) is 4.79 Å². The third-order valence-corrected chi connectivity index (χ3v) is 2.87. The van der Waals surface area contributed by atoms with Gasteiger partial charge in [-0.1, -0.05) is 0 Å². The fraction of sp³-hybridized carbons (Fsp3) is 0.333. The Bertz CT molecular complexity index is 724. The van der Waals surface area contributed by atoms with Gasteiger partial charge < -0.3 is 10.1 Å². The maximum absolute atomic E-state index is 11.4. The predicted octanol–water partition coefficient (Wildman–Crippen LogP) is -0.872. The van der Waals surface area contributed by atoms with E-state index in [0.717, 1.165) is 0 Å². The SMILES string of the molecule is O=C(O)C1CC1c1nc2[nH]c(=O)[nH]c(=O)c2[nH]1. The number of nitrogens with one attached hydrogen (secondary N) is 3. The molecule has 1 fully saturated rings. The first-order valence-corrected chi connectivity index (χ1v) is 5.01. The molecule has 2 heterocycles. The molecule has 1 aliphatic rings. The summed E-state index contributed by atoms with van der Waals surface area (Å²) in [7, 11) is 0. The number of aromatic nitrogens is 4. The van der Waals surface area contributed by atoms with Crippen LogP contribution in [0.4, 0.5) is 0 Å². The Morgan fingerprint density at radius 1 is 1.29 bits per heavy atom. The first-order chi connectivity index (χ1) is 8.06. The molecule has 1 aliphatic carbocycles. The topological polar surface area (TPSA) is 132 Å². The Labute approximate surface area is 92.7 Å². The van der Waals surface area contributed by atoms with E-state index in [1.54, 1.807) is 0 Å². The molecular weight excluding hydrogens is 228 g/mol. The molecule has 2 aromatic rings. The van der Waals surface area contributed by atoms with Gasteiger partial charge in [0.1, 0.15) is 11.3 Å². The van der Waals surface area contributed by atoms with E-state index in [0.29, 0.717) is 12.2 Å². The number of hydrogen-bond donors (Lipinski definition) is 4. The molecule has 2 aromatic heterocycles. The predicted molar refractivity (Wildman–Crippen MR) is 55.8 cm³/mol. The summed E-state index contributed by atoms with van der Waals surface area (Å²) in [6.45, 7) is 0. The van der Waals surface area contributed by atoms with Crippen LogP contribution < -0.4 is 11.2 Å². The molecule has 0 spiro atoms. The Morgan fingerprint density at radius 2 is 2.06 bits per heavy atom. The van der Waals surface area contributed by atoms with Gasteiger partial charge in [-0.05, 0) is 6.42 Å². The Hall–Kier alpha value is -2.38. The van der Waals surface area contributed by atoms with Crippen molar-refractivity contribution in [2.45, 2.75) is 12.3 Å². The van der Waals surface area contributed by atoms with Crippen molar-refractivity contribution in [2.24, 2.45) is 5.92 Å². The number of imidazole rings is 1. The fourth-order valence-electron chi connectivity index (χ4n) is 1.90. The summed E-state index contributed by atoms with van der Waals surface area (Å²) in [5, 5.41) is 8.79. The largest absolute Gasteiger partial charge is 0.481 e. The standard InChI is InChI=1S/C9H8N4O4/c14-7-4-6(12-9(17)13-7)11-5(10-4)2-1-3(2)8(15)16/h2-3H,1H2,(H,15,16)(H3,10,11,12,13,14,17). The van der Waals surface area contributed by atoms with Crippen molar-refractivity contribution in [3.8, 4) is 0 Å². The molecule has 8 heteroatoms. The fourth-order valence-corrected chi connectivity index (χ4v) is 1.90. The number of H-pyrrole nitrogens is 3. The van der Waals surface area contributed by atoms with Gasteiger partial charge in [0, 0.05) is 5.92 Å². The molecular formula is C9H8N4O4. The third kappa shape index (κ3) is 1.45. The van der Waals surface area contributed by atoms with Crippen molar-refractivity contribution in [1.82, 2.24) is 19.9 Å². The number of rotatable bonds is 2. The molecule has 2 unspecified atom stereocenters. The molecule has 4 N–H and O–H groups in total. The number of carbonyl (C=O) groups is 1. The summed E-state index contributed by atoms with van der Waals surface area (Å²) in [6.07, 6.45) is 0.497. The van der Waals surface area contributed by atoms with Gasteiger partial charge in [0.2, 0.25) is 0 Å². The lowest BCUT2D eigenvalue weighted by molar-refractivity contribution is -0.138. The highest BCUT2D eigenvalue weighted by molar-refractivity contribution is 5.76. The first kappa shape index (κ1) is 9.82. The van der Waals surface area contributed by atoms with Crippen molar-refractivity contribution in [3.63, 3.8) is 0 Å². The summed E-state index contributed by atoms with van der Waals surface area (Å²) in [5.41, 5.74) is -0.874. The first-order valence-electron chi connectivity index (χ1n) is 5.01. The molecule has 17 heavy (non-hydrogen) atoms. The minimum absolute atomic E-state index is 0.157. The number of aliphatic carboxylic acids is 1. The molecule has 88 valence electrons. The van der Waals surface area contributed by atoms with E-state index < -0.39 is 23.1 Å². The van der Waals surface area contributed by atoms with Crippen LogP contribution in [-0.4, -0.2) is 31.0 Å². The van der Waals surface area contributed by atoms with Gasteiger partial charge in [-0.2, -0.15) is 0 Å². The van der Waals surface area contributed by atoms with Crippen molar-refractivity contribution >= 4 is 17.1 Å². The average molecular weight is 236 g/mol. The smallest absolute Gasteiger partial charge is 0.327 e. The molecule has 8 nitrogen and oxygen atoms in total. The van der Waals surface area contributed by atoms with Gasteiger partial charge in [-0.3, -0.25) is 19.6 Å². The highest BCUT2D eigenvalue weighted by atomic mass is 16.4. The molecule has 0 radical (unpaired) electrons. The second kappa shape index (κ2) is 3.06. The van der Waals surface area contributed by atoms with Gasteiger partial charge in [0.05, 0.1) is 5.92 Å². The van der Waals surface area contributed by atoms with Crippen LogP contribution in [0.1, 0.15) is 18.2 Å². The summed E-state index contributed by atoms with van der Waals surface area (Å²) in [6, 6.07) is 0. The van der Waals surface area contributed by atoms with Crippen molar-refractivity contribution < 1.29 is 9.90 Å². The molecule has 0 amide bonds. The lowest BCUT2D eigenvalue weighted by Crippen LogP contribution is -2.21. The number of aromatic amines is 3. The summed E-state index contributed by atoms with van der Waals surface area (Å²) in [5.74, 6) is -1.11. The third-order valence-electron chi connectivity index (χ3n) is 2.87.